The lowest BCUT2D eigenvalue weighted by molar-refractivity contribution is 0.207. The van der Waals surface area contributed by atoms with Crippen LogP contribution in [0.3, 0.4) is 0 Å². The average Bonchev–Trinajstić information content (AvgIpc) is 1.85. The molecule has 11 heavy (non-hydrogen) atoms. The van der Waals surface area contributed by atoms with Gasteiger partial charge in [-0.1, -0.05) is 13.8 Å². The van der Waals surface area contributed by atoms with Gasteiger partial charge in [0.2, 0.25) is 0 Å². The van der Waals surface area contributed by atoms with Crippen LogP contribution in [0.4, 0.5) is 8.78 Å². The Bertz CT molecular complexity index is 174. The molecule has 0 spiro atoms. The molecule has 68 valence electrons. The summed E-state index contributed by atoms with van der Waals surface area (Å²) < 4.78 is 34.4. The van der Waals surface area contributed by atoms with Crippen LogP contribution < -0.4 is 5.73 Å². The molecule has 0 aromatic heterocycles. The first-order valence-corrected chi connectivity index (χ1v) is 4.95. The molecule has 0 radical (unpaired) electrons. The number of rotatable bonds is 3. The molecule has 0 rings (SSSR count). The fraction of sp³-hybridized carbons (Fsp3) is 1.00. The second-order valence-corrected chi connectivity index (χ2v) is 5.02. The highest BCUT2D eigenvalue weighted by molar-refractivity contribution is 7.59. The minimum atomic E-state index is -4.47. The van der Waals surface area contributed by atoms with Gasteiger partial charge >= 0.3 is 6.17 Å². The van der Waals surface area contributed by atoms with Crippen LogP contribution in [-0.4, -0.2) is 16.8 Å². The summed E-state index contributed by atoms with van der Waals surface area (Å²) in [4.78, 5) is 8.71. The Balaban J connectivity index is 4.43. The highest BCUT2D eigenvalue weighted by Crippen LogP contribution is 2.52. The van der Waals surface area contributed by atoms with Crippen molar-refractivity contribution in [3.63, 3.8) is 0 Å². The first-order chi connectivity index (χ1) is 4.80. The summed E-state index contributed by atoms with van der Waals surface area (Å²) in [5.74, 6) is -1.75. The van der Waals surface area contributed by atoms with E-state index < -0.39 is 25.2 Å². The Morgan fingerprint density at radius 2 is 1.82 bits per heavy atom. The molecule has 6 heteroatoms. The molecule has 2 unspecified atom stereocenters. The van der Waals surface area contributed by atoms with E-state index in [2.05, 4.69) is 0 Å². The Labute approximate surface area is 64.0 Å². The van der Waals surface area contributed by atoms with Crippen LogP contribution >= 0.6 is 7.37 Å². The smallest absolute Gasteiger partial charge is 0.313 e. The SMILES string of the molecule is CC(C)C(N)P(=O)(O)C(F)F. The molecule has 0 amide bonds. The van der Waals surface area contributed by atoms with E-state index >= 15 is 0 Å². The topological polar surface area (TPSA) is 63.3 Å². The van der Waals surface area contributed by atoms with Crippen molar-refractivity contribution >= 4 is 7.37 Å². The van der Waals surface area contributed by atoms with Crippen molar-refractivity contribution in [2.75, 3.05) is 0 Å². The standard InChI is InChI=1S/C5H12F2NO2P/c1-3(2)4(8)11(9,10)5(6)7/h3-5H,8H2,1-2H3,(H,9,10). The van der Waals surface area contributed by atoms with Crippen molar-refractivity contribution in [2.45, 2.75) is 25.8 Å². The van der Waals surface area contributed by atoms with E-state index in [1.165, 1.54) is 13.8 Å². The molecule has 3 N–H and O–H groups in total. The minimum Gasteiger partial charge on any atom is -0.339 e. The fourth-order valence-corrected chi connectivity index (χ4v) is 1.67. The van der Waals surface area contributed by atoms with Gasteiger partial charge in [0, 0.05) is 0 Å². The summed E-state index contributed by atoms with van der Waals surface area (Å²) >= 11 is 0. The minimum absolute atomic E-state index is 0.417. The van der Waals surface area contributed by atoms with Crippen LogP contribution in [0, 0.1) is 5.92 Å². The number of halogens is 2. The van der Waals surface area contributed by atoms with Gasteiger partial charge in [-0.2, -0.15) is 8.78 Å². The molecular weight excluding hydrogens is 175 g/mol. The van der Waals surface area contributed by atoms with E-state index in [9.17, 15) is 13.3 Å². The van der Waals surface area contributed by atoms with Gasteiger partial charge in [0.05, 0.1) is 5.78 Å². The van der Waals surface area contributed by atoms with Crippen molar-refractivity contribution in [2.24, 2.45) is 11.7 Å². The lowest BCUT2D eigenvalue weighted by Crippen LogP contribution is -2.28. The predicted molar refractivity (Wildman–Crippen MR) is 38.6 cm³/mol. The van der Waals surface area contributed by atoms with E-state index in [1.807, 2.05) is 0 Å². The van der Waals surface area contributed by atoms with Gasteiger partial charge in [0.1, 0.15) is 0 Å². The summed E-state index contributed by atoms with van der Waals surface area (Å²) in [5.41, 5.74) is 5.10. The van der Waals surface area contributed by atoms with E-state index in [0.29, 0.717) is 0 Å². The molecule has 0 saturated carbocycles. The summed E-state index contributed by atoms with van der Waals surface area (Å²) in [6, 6.07) is 0. The Hall–Kier alpha value is 0.01000. The van der Waals surface area contributed by atoms with Crippen molar-refractivity contribution < 1.29 is 18.2 Å². The van der Waals surface area contributed by atoms with Crippen LogP contribution in [0.15, 0.2) is 0 Å². The van der Waals surface area contributed by atoms with Gasteiger partial charge in [-0.25, -0.2) is 0 Å². The fourth-order valence-electron chi connectivity index (χ4n) is 0.557. The summed E-state index contributed by atoms with van der Waals surface area (Å²) in [5, 5.41) is 0. The van der Waals surface area contributed by atoms with Crippen molar-refractivity contribution in [1.82, 2.24) is 0 Å². The van der Waals surface area contributed by atoms with Gasteiger partial charge < -0.3 is 10.6 Å². The summed E-state index contributed by atoms with van der Waals surface area (Å²) in [7, 11) is -4.47. The molecule has 0 saturated heterocycles. The van der Waals surface area contributed by atoms with Gasteiger partial charge in [-0.05, 0) is 5.92 Å². The largest absolute Gasteiger partial charge is 0.339 e. The number of hydrogen-bond acceptors (Lipinski definition) is 2. The maximum Gasteiger partial charge on any atom is 0.313 e. The van der Waals surface area contributed by atoms with Crippen LogP contribution in [0.1, 0.15) is 13.8 Å². The van der Waals surface area contributed by atoms with Crippen LogP contribution in [0.2, 0.25) is 0 Å². The molecule has 0 aliphatic rings. The van der Waals surface area contributed by atoms with Gasteiger partial charge in [-0.15, -0.1) is 0 Å². The molecular formula is C5H12F2NO2P. The predicted octanol–water partition coefficient (Wildman–Crippen LogP) is 1.42. The molecule has 0 aliphatic carbocycles. The molecule has 0 fully saturated rings. The Kier molecular flexibility index (Phi) is 3.61. The van der Waals surface area contributed by atoms with Crippen molar-refractivity contribution in [1.29, 1.82) is 0 Å². The molecule has 0 heterocycles. The average molecular weight is 187 g/mol. The first kappa shape index (κ1) is 11.0. The summed E-state index contributed by atoms with van der Waals surface area (Å²) in [6.07, 6.45) is -3.24. The lowest BCUT2D eigenvalue weighted by atomic mass is 10.2. The molecule has 0 aromatic rings. The molecule has 0 bridgehead atoms. The third-order valence-corrected chi connectivity index (χ3v) is 3.40. The quantitative estimate of drug-likeness (QED) is 0.656. The maximum atomic E-state index is 11.8. The zero-order valence-electron chi connectivity index (χ0n) is 6.37. The van der Waals surface area contributed by atoms with E-state index in [0.717, 1.165) is 0 Å². The second kappa shape index (κ2) is 3.61. The third kappa shape index (κ3) is 2.51. The highest BCUT2D eigenvalue weighted by atomic mass is 31.2. The first-order valence-electron chi connectivity index (χ1n) is 3.16. The van der Waals surface area contributed by atoms with Crippen LogP contribution in [0.5, 0.6) is 0 Å². The van der Waals surface area contributed by atoms with E-state index in [1.54, 1.807) is 0 Å². The molecule has 2 atom stereocenters. The number of alkyl halides is 2. The maximum absolute atomic E-state index is 11.8. The zero-order valence-corrected chi connectivity index (χ0v) is 7.26. The number of nitrogens with two attached hydrogens (primary N) is 1. The van der Waals surface area contributed by atoms with E-state index in [-0.39, 0.29) is 0 Å². The zero-order chi connectivity index (χ0) is 9.23. The highest BCUT2D eigenvalue weighted by Gasteiger charge is 2.39. The van der Waals surface area contributed by atoms with Gasteiger partial charge in [0.15, 0.2) is 0 Å². The molecule has 0 aromatic carbocycles. The van der Waals surface area contributed by atoms with Gasteiger partial charge in [0.25, 0.3) is 7.37 Å². The monoisotopic (exact) mass is 187 g/mol. The molecule has 0 aliphatic heterocycles. The Morgan fingerprint density at radius 3 is 1.91 bits per heavy atom. The van der Waals surface area contributed by atoms with Gasteiger partial charge in [-0.3, -0.25) is 4.57 Å². The summed E-state index contributed by atoms with van der Waals surface area (Å²) in [6.45, 7) is 3.05. The second-order valence-electron chi connectivity index (χ2n) is 2.68. The van der Waals surface area contributed by atoms with Crippen LogP contribution in [-0.2, 0) is 4.57 Å². The van der Waals surface area contributed by atoms with E-state index in [4.69, 9.17) is 10.6 Å². The van der Waals surface area contributed by atoms with Crippen molar-refractivity contribution in [3.8, 4) is 0 Å². The lowest BCUT2D eigenvalue weighted by Gasteiger charge is -2.20. The third-order valence-electron chi connectivity index (χ3n) is 1.39. The Morgan fingerprint density at radius 1 is 1.45 bits per heavy atom. The van der Waals surface area contributed by atoms with Crippen LogP contribution in [0.25, 0.3) is 0 Å². The van der Waals surface area contributed by atoms with Crippen molar-refractivity contribution in [3.05, 3.63) is 0 Å². The number of hydrogen-bond donors (Lipinski definition) is 2. The normalized spacial score (nSPS) is 20.4. The molecule has 3 nitrogen and oxygen atoms in total.